The molecule has 1 N–H and O–H groups in total. The second kappa shape index (κ2) is 8.17. The first-order chi connectivity index (χ1) is 14.8. The number of aryl methyl sites for hydroxylation is 2. The van der Waals surface area contributed by atoms with Crippen LogP contribution in [0.25, 0.3) is 0 Å². The number of likely N-dealkylation sites (tertiary alicyclic amines) is 1. The van der Waals surface area contributed by atoms with Gasteiger partial charge in [0, 0.05) is 12.6 Å². The normalized spacial score (nSPS) is 23.8. The third-order valence-corrected chi connectivity index (χ3v) is 6.67. The fourth-order valence-corrected chi connectivity index (χ4v) is 4.64. The molecular formula is C25H29N3O3. The van der Waals surface area contributed by atoms with Crippen LogP contribution in [0.2, 0.25) is 0 Å². The summed E-state index contributed by atoms with van der Waals surface area (Å²) in [5.41, 5.74) is 2.17. The molecule has 4 amide bonds. The number of benzene rings is 2. The van der Waals surface area contributed by atoms with Crippen LogP contribution in [0.4, 0.5) is 4.79 Å². The van der Waals surface area contributed by atoms with E-state index in [0.717, 1.165) is 35.3 Å². The minimum Gasteiger partial charge on any atom is -0.338 e. The van der Waals surface area contributed by atoms with Crippen LogP contribution in [0.5, 0.6) is 0 Å². The molecule has 2 saturated heterocycles. The van der Waals surface area contributed by atoms with Gasteiger partial charge in [-0.05, 0) is 62.3 Å². The van der Waals surface area contributed by atoms with Crippen LogP contribution in [0, 0.1) is 13.8 Å². The molecule has 2 aromatic rings. The van der Waals surface area contributed by atoms with Crippen molar-refractivity contribution < 1.29 is 14.4 Å². The lowest BCUT2D eigenvalue weighted by atomic mass is 9.81. The highest BCUT2D eigenvalue weighted by Gasteiger charge is 2.54. The molecule has 2 aromatic carbocycles. The Hall–Kier alpha value is -3.15. The molecule has 6 nitrogen and oxygen atoms in total. The number of amides is 4. The number of hydrogen-bond donors (Lipinski definition) is 1. The topological polar surface area (TPSA) is 69.7 Å². The summed E-state index contributed by atoms with van der Waals surface area (Å²) in [6.45, 7) is 6.44. The standard InChI is InChI=1S/C25H29N3O3/c1-17-12-13-21(15-18(17)2)25(20-10-5-4-6-11-20)23(30)28(24(31)26-25)16-22(29)27-14-8-7-9-19(27)3/h4-6,10-13,15,19H,7-9,14,16H2,1-3H3,(H,26,31)/t19-,25+/m1/s1. The molecule has 6 heteroatoms. The van der Waals surface area contributed by atoms with Gasteiger partial charge >= 0.3 is 6.03 Å². The molecule has 4 rings (SSSR count). The number of urea groups is 1. The first kappa shape index (κ1) is 21.1. The summed E-state index contributed by atoms with van der Waals surface area (Å²) in [6, 6.07) is 14.6. The zero-order chi connectivity index (χ0) is 22.2. The van der Waals surface area contributed by atoms with Crippen molar-refractivity contribution in [2.24, 2.45) is 0 Å². The van der Waals surface area contributed by atoms with Gasteiger partial charge in [0.25, 0.3) is 5.91 Å². The van der Waals surface area contributed by atoms with E-state index >= 15 is 0 Å². The van der Waals surface area contributed by atoms with Crippen LogP contribution in [0.1, 0.15) is 48.4 Å². The van der Waals surface area contributed by atoms with Gasteiger partial charge in [0.15, 0.2) is 5.54 Å². The third kappa shape index (κ3) is 3.60. The van der Waals surface area contributed by atoms with Crippen LogP contribution in [-0.4, -0.2) is 46.8 Å². The number of rotatable bonds is 4. The number of piperidine rings is 1. The average molecular weight is 420 g/mol. The number of nitrogens with one attached hydrogen (secondary N) is 1. The second-order valence-corrected chi connectivity index (χ2v) is 8.67. The Balaban J connectivity index is 1.72. The van der Waals surface area contributed by atoms with Crippen molar-refractivity contribution in [2.75, 3.05) is 13.1 Å². The second-order valence-electron chi connectivity index (χ2n) is 8.67. The Bertz CT molecular complexity index is 1020. The summed E-state index contributed by atoms with van der Waals surface area (Å²) < 4.78 is 0. The highest BCUT2D eigenvalue weighted by molar-refractivity contribution is 6.11. The summed E-state index contributed by atoms with van der Waals surface area (Å²) in [4.78, 5) is 42.7. The van der Waals surface area contributed by atoms with Gasteiger partial charge in [0.2, 0.25) is 5.91 Å². The highest BCUT2D eigenvalue weighted by atomic mass is 16.2. The smallest absolute Gasteiger partial charge is 0.326 e. The minimum absolute atomic E-state index is 0.126. The van der Waals surface area contributed by atoms with Gasteiger partial charge in [-0.15, -0.1) is 0 Å². The van der Waals surface area contributed by atoms with Crippen LogP contribution < -0.4 is 5.32 Å². The first-order valence-corrected chi connectivity index (χ1v) is 10.9. The van der Waals surface area contributed by atoms with Crippen LogP contribution in [-0.2, 0) is 15.1 Å². The van der Waals surface area contributed by atoms with Gasteiger partial charge in [-0.1, -0.05) is 48.5 Å². The lowest BCUT2D eigenvalue weighted by Gasteiger charge is -2.34. The summed E-state index contributed by atoms with van der Waals surface area (Å²) in [6.07, 6.45) is 2.99. The SMILES string of the molecule is Cc1ccc([C@]2(c3ccccc3)NC(=O)N(CC(=O)N3CCCC[C@H]3C)C2=O)cc1C. The van der Waals surface area contributed by atoms with Crippen molar-refractivity contribution in [2.45, 2.75) is 51.6 Å². The van der Waals surface area contributed by atoms with Gasteiger partial charge in [0.1, 0.15) is 6.54 Å². The molecule has 2 aliphatic rings. The van der Waals surface area contributed by atoms with Crippen LogP contribution >= 0.6 is 0 Å². The molecule has 2 atom stereocenters. The van der Waals surface area contributed by atoms with E-state index in [1.54, 1.807) is 4.90 Å². The maximum atomic E-state index is 13.8. The van der Waals surface area contributed by atoms with Gasteiger partial charge in [0.05, 0.1) is 0 Å². The lowest BCUT2D eigenvalue weighted by Crippen LogP contribution is -2.49. The van der Waals surface area contributed by atoms with E-state index in [0.29, 0.717) is 17.7 Å². The predicted molar refractivity (Wildman–Crippen MR) is 118 cm³/mol. The molecule has 0 unspecified atom stereocenters. The lowest BCUT2D eigenvalue weighted by molar-refractivity contribution is -0.140. The maximum Gasteiger partial charge on any atom is 0.326 e. The number of hydrogen-bond acceptors (Lipinski definition) is 3. The van der Waals surface area contributed by atoms with Crippen molar-refractivity contribution in [3.05, 3.63) is 70.8 Å². The number of carbonyl (C=O) groups is 3. The van der Waals surface area contributed by atoms with Crippen molar-refractivity contribution in [1.29, 1.82) is 0 Å². The third-order valence-electron chi connectivity index (χ3n) is 6.67. The van der Waals surface area contributed by atoms with E-state index in [9.17, 15) is 14.4 Å². The Labute approximate surface area is 183 Å². The summed E-state index contributed by atoms with van der Waals surface area (Å²) >= 11 is 0. The first-order valence-electron chi connectivity index (χ1n) is 10.9. The summed E-state index contributed by atoms with van der Waals surface area (Å²) in [5, 5.41) is 2.93. The average Bonchev–Trinajstić information content (AvgIpc) is 3.02. The van der Waals surface area contributed by atoms with E-state index in [2.05, 4.69) is 5.32 Å². The van der Waals surface area contributed by atoms with Crippen molar-refractivity contribution in [1.82, 2.24) is 15.1 Å². The molecule has 0 spiro atoms. The molecular weight excluding hydrogens is 390 g/mol. The van der Waals surface area contributed by atoms with Crippen molar-refractivity contribution >= 4 is 17.8 Å². The Morgan fingerprint density at radius 2 is 1.77 bits per heavy atom. The number of carbonyl (C=O) groups excluding carboxylic acids is 3. The molecule has 0 bridgehead atoms. The monoisotopic (exact) mass is 419 g/mol. The van der Waals surface area contributed by atoms with E-state index in [4.69, 9.17) is 0 Å². The van der Waals surface area contributed by atoms with Gasteiger partial charge in [-0.2, -0.15) is 0 Å². The van der Waals surface area contributed by atoms with E-state index in [-0.39, 0.29) is 18.5 Å². The van der Waals surface area contributed by atoms with E-state index in [1.807, 2.05) is 69.3 Å². The Morgan fingerprint density at radius 1 is 1.03 bits per heavy atom. The highest BCUT2D eigenvalue weighted by Crippen LogP contribution is 2.37. The van der Waals surface area contributed by atoms with E-state index in [1.165, 1.54) is 0 Å². The molecule has 31 heavy (non-hydrogen) atoms. The molecule has 0 aromatic heterocycles. The van der Waals surface area contributed by atoms with Gasteiger partial charge in [-0.3, -0.25) is 14.5 Å². The molecule has 2 aliphatic heterocycles. The minimum atomic E-state index is -1.34. The Kier molecular flexibility index (Phi) is 5.56. The molecule has 0 aliphatic carbocycles. The van der Waals surface area contributed by atoms with Crippen LogP contribution in [0.15, 0.2) is 48.5 Å². The maximum absolute atomic E-state index is 13.8. The quantitative estimate of drug-likeness (QED) is 0.771. The molecule has 2 heterocycles. The van der Waals surface area contributed by atoms with Crippen molar-refractivity contribution in [3.63, 3.8) is 0 Å². The number of imide groups is 1. The molecule has 0 radical (unpaired) electrons. The number of nitrogens with zero attached hydrogens (tertiary/aromatic N) is 2. The largest absolute Gasteiger partial charge is 0.338 e. The summed E-state index contributed by atoms with van der Waals surface area (Å²) in [5.74, 6) is -0.593. The Morgan fingerprint density at radius 3 is 2.45 bits per heavy atom. The zero-order valence-corrected chi connectivity index (χ0v) is 18.4. The fourth-order valence-electron chi connectivity index (χ4n) is 4.64. The predicted octanol–water partition coefficient (Wildman–Crippen LogP) is 3.50. The summed E-state index contributed by atoms with van der Waals surface area (Å²) in [7, 11) is 0. The van der Waals surface area contributed by atoms with Gasteiger partial charge in [-0.25, -0.2) is 4.79 Å². The molecule has 162 valence electrons. The molecule has 2 fully saturated rings. The fraction of sp³-hybridized carbons (Fsp3) is 0.400. The van der Waals surface area contributed by atoms with Crippen LogP contribution in [0.3, 0.4) is 0 Å². The van der Waals surface area contributed by atoms with Gasteiger partial charge < -0.3 is 10.2 Å². The van der Waals surface area contributed by atoms with Crippen molar-refractivity contribution in [3.8, 4) is 0 Å². The zero-order valence-electron chi connectivity index (χ0n) is 18.4. The van der Waals surface area contributed by atoms with E-state index < -0.39 is 17.5 Å². The molecule has 0 saturated carbocycles.